The van der Waals surface area contributed by atoms with Crippen LogP contribution in [0.15, 0.2) is 12.1 Å². The lowest BCUT2D eigenvalue weighted by molar-refractivity contribution is 0.122. The maximum Gasteiger partial charge on any atom is 0.164 e. The van der Waals surface area contributed by atoms with Crippen LogP contribution in [-0.4, -0.2) is 36.3 Å². The van der Waals surface area contributed by atoms with Crippen LogP contribution in [-0.2, 0) is 16.2 Å². The maximum absolute atomic E-state index is 14.3. The summed E-state index contributed by atoms with van der Waals surface area (Å²) in [5.74, 6) is 1.28. The average Bonchev–Trinajstić information content (AvgIpc) is 3.06. The maximum atomic E-state index is 14.3. The van der Waals surface area contributed by atoms with Gasteiger partial charge in [-0.05, 0) is 12.1 Å². The molecule has 4 rings (SSSR count). The van der Waals surface area contributed by atoms with Gasteiger partial charge in [0, 0.05) is 30.2 Å². The van der Waals surface area contributed by atoms with Crippen LogP contribution in [0.3, 0.4) is 0 Å². The van der Waals surface area contributed by atoms with Gasteiger partial charge in [-0.25, -0.2) is 18.7 Å². The van der Waals surface area contributed by atoms with Gasteiger partial charge in [0.05, 0.1) is 29.5 Å². The largest absolute Gasteiger partial charge is 0.378 e. The van der Waals surface area contributed by atoms with Gasteiger partial charge in [0.1, 0.15) is 17.5 Å². The normalized spacial score (nSPS) is 17.2. The minimum atomic E-state index is -0.681. The number of halogens is 3. The molecule has 1 aromatic heterocycles. The van der Waals surface area contributed by atoms with E-state index in [-0.39, 0.29) is 16.4 Å². The molecular weight excluding hydrogens is 356 g/mol. The monoisotopic (exact) mass is 369 g/mol. The van der Waals surface area contributed by atoms with E-state index in [1.165, 1.54) is 0 Å². The molecule has 126 valence electrons. The number of rotatable bonds is 2. The highest BCUT2D eigenvalue weighted by atomic mass is 35.5. The van der Waals surface area contributed by atoms with Gasteiger partial charge in [0.15, 0.2) is 5.82 Å². The zero-order valence-electron chi connectivity index (χ0n) is 12.7. The lowest BCUT2D eigenvalue weighted by Crippen LogP contribution is -2.37. The van der Waals surface area contributed by atoms with Crippen molar-refractivity contribution in [3.63, 3.8) is 0 Å². The number of benzene rings is 1. The minimum absolute atomic E-state index is 0.0334. The first-order valence-corrected chi connectivity index (χ1v) is 9.12. The molecule has 2 aliphatic heterocycles. The number of thioether (sulfide) groups is 1. The van der Waals surface area contributed by atoms with Crippen LogP contribution in [0.1, 0.15) is 11.3 Å². The molecule has 0 radical (unpaired) electrons. The van der Waals surface area contributed by atoms with Crippen molar-refractivity contribution < 1.29 is 13.5 Å². The van der Waals surface area contributed by atoms with Crippen molar-refractivity contribution in [2.75, 3.05) is 31.2 Å². The summed E-state index contributed by atoms with van der Waals surface area (Å²) in [5, 5.41) is -0.249. The summed E-state index contributed by atoms with van der Waals surface area (Å²) in [7, 11) is 0. The Bertz CT molecular complexity index is 799. The van der Waals surface area contributed by atoms with Gasteiger partial charge in [-0.15, -0.1) is 0 Å². The van der Waals surface area contributed by atoms with Gasteiger partial charge < -0.3 is 9.64 Å². The van der Waals surface area contributed by atoms with Crippen molar-refractivity contribution in [1.82, 2.24) is 9.97 Å². The molecule has 0 N–H and O–H groups in total. The molecule has 0 spiro atoms. The summed E-state index contributed by atoms with van der Waals surface area (Å²) in [5.41, 5.74) is 2.01. The zero-order chi connectivity index (χ0) is 16.7. The molecular formula is C16H14ClF2N3OS. The second-order valence-electron chi connectivity index (χ2n) is 5.63. The molecule has 2 aliphatic rings. The number of aromatic nitrogens is 2. The SMILES string of the molecule is Fc1cc(-c2nc3c(c(N4CCOCC4)n2)CSC3)c(F)cc1Cl. The lowest BCUT2D eigenvalue weighted by Gasteiger charge is -2.29. The molecule has 0 aliphatic carbocycles. The third-order valence-corrected chi connectivity index (χ3v) is 5.38. The van der Waals surface area contributed by atoms with E-state index < -0.39 is 11.6 Å². The molecule has 1 aromatic carbocycles. The predicted molar refractivity (Wildman–Crippen MR) is 90.4 cm³/mol. The van der Waals surface area contributed by atoms with Gasteiger partial charge >= 0.3 is 0 Å². The first kappa shape index (κ1) is 16.1. The molecule has 0 bridgehead atoms. The van der Waals surface area contributed by atoms with Gasteiger partial charge in [-0.2, -0.15) is 11.8 Å². The van der Waals surface area contributed by atoms with E-state index in [1.54, 1.807) is 11.8 Å². The van der Waals surface area contributed by atoms with E-state index in [9.17, 15) is 8.78 Å². The first-order chi connectivity index (χ1) is 11.6. The zero-order valence-corrected chi connectivity index (χ0v) is 14.3. The van der Waals surface area contributed by atoms with E-state index in [1.807, 2.05) is 0 Å². The fraction of sp³-hybridized carbons (Fsp3) is 0.375. The first-order valence-electron chi connectivity index (χ1n) is 7.58. The van der Waals surface area contributed by atoms with Crippen LogP contribution in [0.5, 0.6) is 0 Å². The van der Waals surface area contributed by atoms with Gasteiger partial charge in [0.2, 0.25) is 0 Å². The number of nitrogens with zero attached hydrogens (tertiary/aromatic N) is 3. The Labute approximate surface area is 147 Å². The third-order valence-electron chi connectivity index (χ3n) is 4.12. The van der Waals surface area contributed by atoms with Crippen LogP contribution < -0.4 is 4.90 Å². The molecule has 4 nitrogen and oxygen atoms in total. The van der Waals surface area contributed by atoms with Crippen molar-refractivity contribution in [3.05, 3.63) is 40.0 Å². The van der Waals surface area contributed by atoms with E-state index in [2.05, 4.69) is 14.9 Å². The second-order valence-corrected chi connectivity index (χ2v) is 7.03. The number of fused-ring (bicyclic) bond motifs is 1. The van der Waals surface area contributed by atoms with Gasteiger partial charge in [0.25, 0.3) is 0 Å². The molecule has 8 heteroatoms. The number of anilines is 1. The Balaban J connectivity index is 1.84. The molecule has 3 heterocycles. The van der Waals surface area contributed by atoms with Gasteiger partial charge in [-0.1, -0.05) is 11.6 Å². The van der Waals surface area contributed by atoms with E-state index in [4.69, 9.17) is 16.3 Å². The standard InChI is InChI=1S/C16H14ClF2N3OS/c17-11-6-12(18)9(5-13(11)19)15-20-14-8-24-7-10(14)16(21-15)22-1-3-23-4-2-22/h5-6H,1-4,7-8H2. The fourth-order valence-electron chi connectivity index (χ4n) is 2.89. The summed E-state index contributed by atoms with van der Waals surface area (Å²) >= 11 is 7.38. The Morgan fingerprint density at radius 1 is 1.08 bits per heavy atom. The quantitative estimate of drug-likeness (QED) is 0.755. The fourth-order valence-corrected chi connectivity index (χ4v) is 4.07. The number of ether oxygens (including phenoxy) is 1. The summed E-state index contributed by atoms with van der Waals surface area (Å²) in [6.07, 6.45) is 0. The molecule has 2 aromatic rings. The average molecular weight is 370 g/mol. The molecule has 0 amide bonds. The molecule has 0 unspecified atom stereocenters. The predicted octanol–water partition coefficient (Wildman–Crippen LogP) is 3.66. The molecule has 0 saturated carbocycles. The topological polar surface area (TPSA) is 38.2 Å². The highest BCUT2D eigenvalue weighted by molar-refractivity contribution is 7.98. The molecule has 24 heavy (non-hydrogen) atoms. The van der Waals surface area contributed by atoms with E-state index in [0.717, 1.165) is 53.8 Å². The van der Waals surface area contributed by atoms with Crippen molar-refractivity contribution in [2.45, 2.75) is 11.5 Å². The highest BCUT2D eigenvalue weighted by Gasteiger charge is 2.26. The Hall–Kier alpha value is -1.44. The van der Waals surface area contributed by atoms with E-state index in [0.29, 0.717) is 13.2 Å². The number of hydrogen-bond acceptors (Lipinski definition) is 5. The number of hydrogen-bond donors (Lipinski definition) is 0. The Kier molecular flexibility index (Phi) is 4.32. The summed E-state index contributed by atoms with van der Waals surface area (Å²) in [4.78, 5) is 11.2. The molecule has 1 fully saturated rings. The third kappa shape index (κ3) is 2.85. The summed E-state index contributed by atoms with van der Waals surface area (Å²) < 4.78 is 33.4. The van der Waals surface area contributed by atoms with E-state index >= 15 is 0 Å². The highest BCUT2D eigenvalue weighted by Crippen LogP contribution is 2.37. The minimum Gasteiger partial charge on any atom is -0.378 e. The van der Waals surface area contributed by atoms with Crippen LogP contribution in [0.25, 0.3) is 11.4 Å². The summed E-state index contributed by atoms with van der Waals surface area (Å²) in [6.45, 7) is 2.71. The Morgan fingerprint density at radius 2 is 1.88 bits per heavy atom. The van der Waals surface area contributed by atoms with Crippen LogP contribution in [0.4, 0.5) is 14.6 Å². The number of morpholine rings is 1. The van der Waals surface area contributed by atoms with Crippen LogP contribution >= 0.6 is 23.4 Å². The Morgan fingerprint density at radius 3 is 2.67 bits per heavy atom. The van der Waals surface area contributed by atoms with Crippen molar-refractivity contribution in [2.24, 2.45) is 0 Å². The molecule has 1 saturated heterocycles. The second kappa shape index (κ2) is 6.46. The van der Waals surface area contributed by atoms with Crippen LogP contribution in [0.2, 0.25) is 5.02 Å². The van der Waals surface area contributed by atoms with Crippen molar-refractivity contribution >= 4 is 29.2 Å². The smallest absolute Gasteiger partial charge is 0.164 e. The van der Waals surface area contributed by atoms with Crippen LogP contribution in [0, 0.1) is 11.6 Å². The van der Waals surface area contributed by atoms with Crippen molar-refractivity contribution in [1.29, 1.82) is 0 Å². The summed E-state index contributed by atoms with van der Waals surface area (Å²) in [6, 6.07) is 2.02. The molecule has 0 atom stereocenters. The lowest BCUT2D eigenvalue weighted by atomic mass is 10.1. The van der Waals surface area contributed by atoms with Gasteiger partial charge in [-0.3, -0.25) is 0 Å². The van der Waals surface area contributed by atoms with Crippen molar-refractivity contribution in [3.8, 4) is 11.4 Å².